The first kappa shape index (κ1) is 11.8. The number of anilines is 1. The highest BCUT2D eigenvalue weighted by molar-refractivity contribution is 6.02. The minimum absolute atomic E-state index is 0.347. The summed E-state index contributed by atoms with van der Waals surface area (Å²) in [6.07, 6.45) is 1.29. The lowest BCUT2D eigenvalue weighted by molar-refractivity contribution is -0.131. The molecule has 0 aromatic heterocycles. The summed E-state index contributed by atoms with van der Waals surface area (Å²) in [5, 5.41) is 10.2. The average molecular weight is 227 g/mol. The molecule has 1 aromatic rings. The van der Waals surface area contributed by atoms with Crippen LogP contribution in [0.4, 0.5) is 14.5 Å². The second-order valence-electron chi connectivity index (χ2n) is 2.76. The van der Waals surface area contributed by atoms with E-state index in [2.05, 4.69) is 0 Å². The van der Waals surface area contributed by atoms with Crippen LogP contribution < -0.4 is 5.32 Å². The van der Waals surface area contributed by atoms with Crippen molar-refractivity contribution in [2.24, 2.45) is 0 Å². The van der Waals surface area contributed by atoms with Crippen LogP contribution in [0.3, 0.4) is 0 Å². The average Bonchev–Trinajstić information content (AvgIpc) is 2.22. The zero-order valence-corrected chi connectivity index (χ0v) is 7.91. The van der Waals surface area contributed by atoms with Gasteiger partial charge in [-0.05, 0) is 12.1 Å². The highest BCUT2D eigenvalue weighted by Crippen LogP contribution is 2.16. The number of halogens is 2. The molecule has 0 saturated heterocycles. The van der Waals surface area contributed by atoms with Crippen LogP contribution in [0.25, 0.3) is 0 Å². The van der Waals surface area contributed by atoms with E-state index >= 15 is 0 Å². The summed E-state index contributed by atoms with van der Waals surface area (Å²) in [4.78, 5) is 21.1. The van der Waals surface area contributed by atoms with Crippen LogP contribution in [-0.2, 0) is 9.59 Å². The van der Waals surface area contributed by atoms with Crippen molar-refractivity contribution in [3.63, 3.8) is 0 Å². The van der Waals surface area contributed by atoms with Crippen molar-refractivity contribution in [3.05, 3.63) is 42.0 Å². The van der Waals surface area contributed by atoms with Gasteiger partial charge in [-0.2, -0.15) is 0 Å². The fourth-order valence-corrected chi connectivity index (χ4v) is 0.922. The number of carbonyl (C=O) groups excluding carboxylic acids is 1. The Hall–Kier alpha value is -2.24. The summed E-state index contributed by atoms with van der Waals surface area (Å²) in [6.45, 7) is 0. The lowest BCUT2D eigenvalue weighted by atomic mass is 10.3. The molecule has 0 aliphatic rings. The largest absolute Gasteiger partial charge is 0.478 e. The van der Waals surface area contributed by atoms with Gasteiger partial charge in [-0.25, -0.2) is 13.6 Å². The molecule has 0 spiro atoms. The summed E-state index contributed by atoms with van der Waals surface area (Å²) in [5.74, 6) is -4.46. The number of carboxylic acids is 1. The predicted molar refractivity (Wildman–Crippen MR) is 51.8 cm³/mol. The minimum Gasteiger partial charge on any atom is -0.478 e. The molecule has 16 heavy (non-hydrogen) atoms. The molecule has 4 nitrogen and oxygen atoms in total. The van der Waals surface area contributed by atoms with Crippen LogP contribution in [0.1, 0.15) is 0 Å². The van der Waals surface area contributed by atoms with Gasteiger partial charge in [-0.1, -0.05) is 6.07 Å². The first-order chi connectivity index (χ1) is 7.50. The third-order valence-electron chi connectivity index (χ3n) is 1.59. The molecule has 0 saturated carbocycles. The summed E-state index contributed by atoms with van der Waals surface area (Å²) in [6, 6.07) is 3.28. The normalized spacial score (nSPS) is 10.4. The summed E-state index contributed by atoms with van der Waals surface area (Å²) in [5.41, 5.74) is -0.347. The Morgan fingerprint density at radius 3 is 2.56 bits per heavy atom. The third kappa shape index (κ3) is 3.16. The molecule has 1 amide bonds. The molecule has 1 aromatic carbocycles. The number of carbonyl (C=O) groups is 2. The molecule has 0 heterocycles. The molecule has 0 aliphatic carbocycles. The first-order valence-corrected chi connectivity index (χ1v) is 4.16. The monoisotopic (exact) mass is 227 g/mol. The Labute approximate surface area is 89.2 Å². The zero-order valence-electron chi connectivity index (χ0n) is 7.91. The number of rotatable bonds is 3. The Morgan fingerprint density at radius 2 is 1.94 bits per heavy atom. The molecule has 1 rings (SSSR count). The molecule has 0 aliphatic heterocycles. The maximum absolute atomic E-state index is 13.0. The minimum atomic E-state index is -1.31. The van der Waals surface area contributed by atoms with E-state index in [0.717, 1.165) is 12.1 Å². The van der Waals surface area contributed by atoms with Crippen LogP contribution in [0.5, 0.6) is 0 Å². The van der Waals surface area contributed by atoms with Crippen molar-refractivity contribution in [2.75, 3.05) is 5.32 Å². The van der Waals surface area contributed by atoms with Gasteiger partial charge in [0.15, 0.2) is 11.6 Å². The van der Waals surface area contributed by atoms with Crippen LogP contribution in [0, 0.1) is 11.6 Å². The molecule has 0 atom stereocenters. The number of hydrogen-bond acceptors (Lipinski definition) is 2. The molecule has 0 fully saturated rings. The van der Waals surface area contributed by atoms with E-state index in [-0.39, 0.29) is 5.69 Å². The highest BCUT2D eigenvalue weighted by atomic mass is 19.2. The quantitative estimate of drug-likeness (QED) is 0.770. The van der Waals surface area contributed by atoms with Crippen LogP contribution in [0.15, 0.2) is 30.4 Å². The van der Waals surface area contributed by atoms with Gasteiger partial charge < -0.3 is 10.4 Å². The van der Waals surface area contributed by atoms with Gasteiger partial charge in [0.1, 0.15) is 0 Å². The number of hydrogen-bond donors (Lipinski definition) is 2. The number of amides is 1. The molecule has 0 radical (unpaired) electrons. The maximum Gasteiger partial charge on any atom is 0.328 e. The fraction of sp³-hybridized carbons (Fsp3) is 0. The van der Waals surface area contributed by atoms with E-state index in [1.165, 1.54) is 6.07 Å². The van der Waals surface area contributed by atoms with Crippen molar-refractivity contribution < 1.29 is 23.5 Å². The van der Waals surface area contributed by atoms with Crippen LogP contribution >= 0.6 is 0 Å². The zero-order chi connectivity index (χ0) is 12.1. The van der Waals surface area contributed by atoms with Crippen LogP contribution in [-0.4, -0.2) is 17.0 Å². The number of carboxylic acid groups (broad SMARTS) is 1. The lowest BCUT2D eigenvalue weighted by Gasteiger charge is -2.03. The summed E-state index contributed by atoms with van der Waals surface area (Å²) < 4.78 is 25.7. The van der Waals surface area contributed by atoms with Gasteiger partial charge in [0, 0.05) is 12.2 Å². The third-order valence-corrected chi connectivity index (χ3v) is 1.59. The Morgan fingerprint density at radius 1 is 1.25 bits per heavy atom. The van der Waals surface area contributed by atoms with Crippen LogP contribution in [0.2, 0.25) is 0 Å². The van der Waals surface area contributed by atoms with Crippen molar-refractivity contribution in [3.8, 4) is 0 Å². The second kappa shape index (κ2) is 5.01. The van der Waals surface area contributed by atoms with E-state index in [1.54, 1.807) is 0 Å². The van der Waals surface area contributed by atoms with E-state index in [4.69, 9.17) is 5.11 Å². The molecule has 2 N–H and O–H groups in total. The molecular formula is C10H7F2NO3. The summed E-state index contributed by atoms with van der Waals surface area (Å²) >= 11 is 0. The standard InChI is InChI=1S/C10H7F2NO3/c11-6-2-1-3-7(10(6)12)13-8(14)4-5-9(15)16/h1-5H,(H,13,14)(H,15,16)/b5-4+. The predicted octanol–water partition coefficient (Wildman–Crippen LogP) is 1.54. The van der Waals surface area contributed by atoms with E-state index in [0.29, 0.717) is 12.2 Å². The van der Waals surface area contributed by atoms with E-state index in [1.807, 2.05) is 5.32 Å². The van der Waals surface area contributed by atoms with E-state index in [9.17, 15) is 18.4 Å². The molecule has 6 heteroatoms. The fourth-order valence-electron chi connectivity index (χ4n) is 0.922. The molecule has 84 valence electrons. The van der Waals surface area contributed by atoms with Crippen molar-refractivity contribution in [1.29, 1.82) is 0 Å². The molecule has 0 bridgehead atoms. The van der Waals surface area contributed by atoms with Gasteiger partial charge in [0.2, 0.25) is 5.91 Å². The molecule has 0 unspecified atom stereocenters. The lowest BCUT2D eigenvalue weighted by Crippen LogP contribution is -2.10. The first-order valence-electron chi connectivity index (χ1n) is 4.16. The van der Waals surface area contributed by atoms with Gasteiger partial charge >= 0.3 is 5.97 Å². The van der Waals surface area contributed by atoms with Gasteiger partial charge in [0.25, 0.3) is 0 Å². The Kier molecular flexibility index (Phi) is 3.71. The van der Waals surface area contributed by atoms with E-state index < -0.39 is 23.5 Å². The smallest absolute Gasteiger partial charge is 0.328 e. The van der Waals surface area contributed by atoms with Crippen molar-refractivity contribution >= 4 is 17.6 Å². The Bertz CT molecular complexity index is 457. The maximum atomic E-state index is 13.0. The van der Waals surface area contributed by atoms with Crippen molar-refractivity contribution in [2.45, 2.75) is 0 Å². The number of aliphatic carboxylic acids is 1. The Balaban J connectivity index is 2.78. The van der Waals surface area contributed by atoms with Crippen molar-refractivity contribution in [1.82, 2.24) is 0 Å². The van der Waals surface area contributed by atoms with Gasteiger partial charge in [-0.15, -0.1) is 0 Å². The molecular weight excluding hydrogens is 220 g/mol. The highest BCUT2D eigenvalue weighted by Gasteiger charge is 2.08. The van der Waals surface area contributed by atoms with Gasteiger partial charge in [0.05, 0.1) is 5.69 Å². The number of nitrogens with one attached hydrogen (secondary N) is 1. The number of benzene rings is 1. The second-order valence-corrected chi connectivity index (χ2v) is 2.76. The van der Waals surface area contributed by atoms with Gasteiger partial charge in [-0.3, -0.25) is 4.79 Å². The SMILES string of the molecule is O=C(O)/C=C/C(=O)Nc1cccc(F)c1F. The summed E-state index contributed by atoms with van der Waals surface area (Å²) in [7, 11) is 0. The topological polar surface area (TPSA) is 66.4 Å².